The smallest absolute Gasteiger partial charge is 0.145 e. The molecule has 0 bridgehead atoms. The van der Waals surface area contributed by atoms with E-state index in [1.807, 2.05) is 19.2 Å². The van der Waals surface area contributed by atoms with Crippen LogP contribution in [0.25, 0.3) is 0 Å². The zero-order valence-corrected chi connectivity index (χ0v) is 11.4. The first-order chi connectivity index (χ1) is 8.72. The largest absolute Gasteiger partial charge is 0.316 e. The number of rotatable bonds is 4. The molecule has 3 atom stereocenters. The van der Waals surface area contributed by atoms with Crippen LogP contribution in [-0.2, 0) is 6.42 Å². The molecule has 1 aromatic rings. The van der Waals surface area contributed by atoms with Crippen molar-refractivity contribution in [2.24, 2.45) is 17.8 Å². The normalized spacial score (nSPS) is 31.2. The Morgan fingerprint density at radius 3 is 2.78 bits per heavy atom. The second-order valence-electron chi connectivity index (χ2n) is 5.65. The van der Waals surface area contributed by atoms with E-state index in [1.165, 1.54) is 19.3 Å². The van der Waals surface area contributed by atoms with Gasteiger partial charge in [0.15, 0.2) is 0 Å². The van der Waals surface area contributed by atoms with Crippen molar-refractivity contribution in [2.75, 3.05) is 7.05 Å². The van der Waals surface area contributed by atoms with E-state index in [-0.39, 0.29) is 10.8 Å². The van der Waals surface area contributed by atoms with Crippen LogP contribution in [0.3, 0.4) is 0 Å². The molecule has 18 heavy (non-hydrogen) atoms. The molecule has 0 aliphatic heterocycles. The molecule has 0 amide bonds. The highest BCUT2D eigenvalue weighted by atomic mass is 35.5. The highest BCUT2D eigenvalue weighted by Crippen LogP contribution is 2.59. The summed E-state index contributed by atoms with van der Waals surface area (Å²) in [6, 6.07) is 5.69. The van der Waals surface area contributed by atoms with Crippen LogP contribution in [0.5, 0.6) is 0 Å². The molecule has 3 heteroatoms. The van der Waals surface area contributed by atoms with Gasteiger partial charge in [-0.25, -0.2) is 4.39 Å². The Balaban J connectivity index is 1.72. The average molecular weight is 268 g/mol. The molecule has 1 N–H and O–H groups in total. The van der Waals surface area contributed by atoms with Gasteiger partial charge in [0.25, 0.3) is 0 Å². The molecule has 0 aromatic heterocycles. The predicted molar refractivity (Wildman–Crippen MR) is 72.3 cm³/mol. The van der Waals surface area contributed by atoms with E-state index in [2.05, 4.69) is 5.32 Å². The van der Waals surface area contributed by atoms with Gasteiger partial charge in [-0.2, -0.15) is 0 Å². The summed E-state index contributed by atoms with van der Waals surface area (Å²) in [7, 11) is 1.99. The van der Waals surface area contributed by atoms with Gasteiger partial charge in [-0.05, 0) is 55.7 Å². The summed E-state index contributed by atoms with van der Waals surface area (Å²) >= 11 is 5.84. The molecule has 98 valence electrons. The predicted octanol–water partition coefficient (Wildman–Crippen LogP) is 3.66. The lowest BCUT2D eigenvalue weighted by molar-refractivity contribution is 0.423. The minimum atomic E-state index is -0.245. The first kappa shape index (κ1) is 12.4. The fourth-order valence-corrected chi connectivity index (χ4v) is 4.04. The number of halogens is 2. The van der Waals surface area contributed by atoms with Gasteiger partial charge in [0, 0.05) is 6.04 Å². The van der Waals surface area contributed by atoms with Crippen molar-refractivity contribution < 1.29 is 4.39 Å². The molecule has 0 heterocycles. The van der Waals surface area contributed by atoms with E-state index in [1.54, 1.807) is 6.07 Å². The maximum Gasteiger partial charge on any atom is 0.145 e. The summed E-state index contributed by atoms with van der Waals surface area (Å²) in [5.74, 6) is 2.29. The Morgan fingerprint density at radius 2 is 2.11 bits per heavy atom. The van der Waals surface area contributed by atoms with Crippen molar-refractivity contribution in [1.82, 2.24) is 5.32 Å². The number of hydrogen-bond donors (Lipinski definition) is 1. The number of benzene rings is 1. The van der Waals surface area contributed by atoms with E-state index in [0.717, 1.165) is 29.7 Å². The molecule has 0 saturated heterocycles. The summed E-state index contributed by atoms with van der Waals surface area (Å²) in [6.07, 6.45) is 4.87. The van der Waals surface area contributed by atoms with Crippen LogP contribution in [0.1, 0.15) is 24.8 Å². The zero-order valence-electron chi connectivity index (χ0n) is 10.6. The Morgan fingerprint density at radius 1 is 1.39 bits per heavy atom. The standard InChI is InChI=1S/C15H19ClFN/c1-18-13(14-10-5-3-6-11(10)14)8-9-4-2-7-12(16)15(9)17/h2,4,7,10-11,13-14,18H,3,5-6,8H2,1H3. The number of fused-ring (bicyclic) bond motifs is 1. The molecule has 1 nitrogen and oxygen atoms in total. The maximum absolute atomic E-state index is 13.9. The van der Waals surface area contributed by atoms with Crippen molar-refractivity contribution in [2.45, 2.75) is 31.7 Å². The Labute approximate surface area is 113 Å². The third kappa shape index (κ3) is 2.06. The van der Waals surface area contributed by atoms with Crippen LogP contribution in [0, 0.1) is 23.6 Å². The summed E-state index contributed by atoms with van der Waals surface area (Å²) < 4.78 is 13.9. The number of likely N-dealkylation sites (N-methyl/N-ethyl adjacent to an activating group) is 1. The van der Waals surface area contributed by atoms with Crippen LogP contribution >= 0.6 is 11.6 Å². The van der Waals surface area contributed by atoms with Crippen molar-refractivity contribution in [3.63, 3.8) is 0 Å². The lowest BCUT2D eigenvalue weighted by Gasteiger charge is -2.19. The topological polar surface area (TPSA) is 12.0 Å². The summed E-state index contributed by atoms with van der Waals surface area (Å²) in [4.78, 5) is 0. The third-order valence-electron chi connectivity index (χ3n) is 4.78. The minimum absolute atomic E-state index is 0.235. The van der Waals surface area contributed by atoms with Crippen LogP contribution in [0.2, 0.25) is 5.02 Å². The highest BCUT2D eigenvalue weighted by molar-refractivity contribution is 6.30. The van der Waals surface area contributed by atoms with E-state index >= 15 is 0 Å². The highest BCUT2D eigenvalue weighted by Gasteiger charge is 2.55. The maximum atomic E-state index is 13.9. The van der Waals surface area contributed by atoms with E-state index in [4.69, 9.17) is 11.6 Å². The molecular formula is C15H19ClFN. The lowest BCUT2D eigenvalue weighted by Crippen LogP contribution is -2.32. The first-order valence-corrected chi connectivity index (χ1v) is 7.20. The monoisotopic (exact) mass is 267 g/mol. The Hall–Kier alpha value is -0.600. The summed E-state index contributed by atoms with van der Waals surface area (Å²) in [5, 5.41) is 3.61. The molecule has 0 spiro atoms. The van der Waals surface area contributed by atoms with E-state index < -0.39 is 0 Å². The van der Waals surface area contributed by atoms with Crippen LogP contribution in [-0.4, -0.2) is 13.1 Å². The van der Waals surface area contributed by atoms with Gasteiger partial charge in [0.05, 0.1) is 5.02 Å². The van der Waals surface area contributed by atoms with Gasteiger partial charge in [-0.1, -0.05) is 30.2 Å². The fourth-order valence-electron chi connectivity index (χ4n) is 3.85. The van der Waals surface area contributed by atoms with Crippen molar-refractivity contribution in [1.29, 1.82) is 0 Å². The molecule has 2 fully saturated rings. The SMILES string of the molecule is CNC(Cc1cccc(Cl)c1F)C1C2CCCC21. The average Bonchev–Trinajstić information content (AvgIpc) is 2.84. The van der Waals surface area contributed by atoms with Crippen molar-refractivity contribution >= 4 is 11.6 Å². The van der Waals surface area contributed by atoms with Crippen LogP contribution in [0.4, 0.5) is 4.39 Å². The minimum Gasteiger partial charge on any atom is -0.316 e. The molecular weight excluding hydrogens is 249 g/mol. The molecule has 2 aliphatic rings. The van der Waals surface area contributed by atoms with Gasteiger partial charge in [-0.15, -0.1) is 0 Å². The van der Waals surface area contributed by atoms with E-state index in [0.29, 0.717) is 6.04 Å². The zero-order chi connectivity index (χ0) is 12.7. The summed E-state index contributed by atoms with van der Waals surface area (Å²) in [5.41, 5.74) is 0.742. The molecule has 2 saturated carbocycles. The lowest BCUT2D eigenvalue weighted by atomic mass is 9.97. The second-order valence-corrected chi connectivity index (χ2v) is 6.06. The first-order valence-electron chi connectivity index (χ1n) is 6.82. The molecule has 0 radical (unpaired) electrons. The van der Waals surface area contributed by atoms with Gasteiger partial charge < -0.3 is 5.32 Å². The van der Waals surface area contributed by atoms with Gasteiger partial charge in [0.1, 0.15) is 5.82 Å². The van der Waals surface area contributed by atoms with E-state index in [9.17, 15) is 4.39 Å². The molecule has 1 aromatic carbocycles. The quantitative estimate of drug-likeness (QED) is 0.878. The summed E-state index contributed by atoms with van der Waals surface area (Å²) in [6.45, 7) is 0. The van der Waals surface area contributed by atoms with Gasteiger partial charge in [-0.3, -0.25) is 0 Å². The van der Waals surface area contributed by atoms with Gasteiger partial charge >= 0.3 is 0 Å². The van der Waals surface area contributed by atoms with Crippen molar-refractivity contribution in [3.05, 3.63) is 34.6 Å². The van der Waals surface area contributed by atoms with Crippen LogP contribution in [0.15, 0.2) is 18.2 Å². The Kier molecular flexibility index (Phi) is 3.33. The van der Waals surface area contributed by atoms with Crippen molar-refractivity contribution in [3.8, 4) is 0 Å². The molecule has 3 unspecified atom stereocenters. The third-order valence-corrected chi connectivity index (χ3v) is 5.07. The van der Waals surface area contributed by atoms with Crippen LogP contribution < -0.4 is 5.32 Å². The van der Waals surface area contributed by atoms with Gasteiger partial charge in [0.2, 0.25) is 0 Å². The molecule has 2 aliphatic carbocycles. The fraction of sp³-hybridized carbons (Fsp3) is 0.600. The number of nitrogens with one attached hydrogen (secondary N) is 1. The Bertz CT molecular complexity index is 438. The second kappa shape index (κ2) is 4.82. The molecule has 3 rings (SSSR count). The number of hydrogen-bond acceptors (Lipinski definition) is 1.